The Kier molecular flexibility index (Phi) is 20.4. The molecule has 35 nitrogen and oxygen atoms in total. The fourth-order valence-corrected chi connectivity index (χ4v) is 8.29. The van der Waals surface area contributed by atoms with E-state index in [0.29, 0.717) is 0 Å². The molecule has 72 heavy (non-hydrogen) atoms. The summed E-state index contributed by atoms with van der Waals surface area (Å²) in [5, 5.41) is 83.4. The van der Waals surface area contributed by atoms with E-state index < -0.39 is 180 Å². The van der Waals surface area contributed by atoms with Gasteiger partial charge >= 0.3 is 32.7 Å². The first-order chi connectivity index (χ1) is 33.8. The lowest BCUT2D eigenvalue weighted by Crippen LogP contribution is -2.70. The quantitative estimate of drug-likeness (QED) is 0.0539. The van der Waals surface area contributed by atoms with Crippen molar-refractivity contribution >= 4 is 44.6 Å². The van der Waals surface area contributed by atoms with Crippen molar-refractivity contribution in [2.75, 3.05) is 13.2 Å². The maximum Gasteiger partial charge on any atom is 0.415 e. The first-order valence-corrected chi connectivity index (χ1v) is 23.4. The number of carbonyl (C=O) groups excluding carboxylic acids is 4. The molecule has 4 saturated heterocycles. The van der Waals surface area contributed by atoms with E-state index in [-0.39, 0.29) is 5.75 Å². The Bertz CT molecular complexity index is 2240. The molecule has 0 radical (unpaired) electrons. The Morgan fingerprint density at radius 2 is 0.958 bits per heavy atom. The summed E-state index contributed by atoms with van der Waals surface area (Å²) in [6, 6.07) is 2.42. The Labute approximate surface area is 406 Å². The fraction of sp³-hybridized carbons (Fsp3) is 0.714. The first kappa shape index (κ1) is 58.8. The molecule has 5 rings (SSSR count). The third-order valence-electron chi connectivity index (χ3n) is 11.0. The molecule has 1 aromatic rings. The average Bonchev–Trinajstić information content (AvgIpc) is 3.33. The van der Waals surface area contributed by atoms with Crippen LogP contribution in [0.4, 0.5) is 0 Å². The molecule has 37 heteroatoms. The van der Waals surface area contributed by atoms with Gasteiger partial charge in [-0.3, -0.25) is 9.59 Å². The topological polar surface area (TPSA) is 536 Å². The second-order valence-corrected chi connectivity index (χ2v) is 18.5. The standard InChI is InChI=1S/C35H54N6O29S2/c1-10-4-6-13(7-5-10)59-34-23(49)21(47)26(28(65-34)30(51)67-36)64-33-17(41-12(3)43)20(46)25(15(61-33)9-58-72(55,56)70-39)62-35-24(50)22(48)27(29(66-35)31(52)68-37)63-32-16(40-11(2)42)19(45)18(44)14(60-32)8-57-71(53,54)69-38/h4-7,14-29,32-35,44-50H,8-9,36-39H2,1-3H3,(H,40,42)(H,41,43)/t14?,15?,16?,17?,18-,19-,20-,21+,22+,23?,24?,25-,26-,27+,28?,29?,32-,33+,34-,35-/m1/s1. The molecule has 4 heterocycles. The smallest absolute Gasteiger partial charge is 0.415 e. The Morgan fingerprint density at radius 3 is 1.42 bits per heavy atom. The molecule has 0 aliphatic carbocycles. The van der Waals surface area contributed by atoms with Gasteiger partial charge in [-0.2, -0.15) is 49.0 Å². The largest absolute Gasteiger partial charge is 0.462 e. The minimum absolute atomic E-state index is 0.102. The van der Waals surface area contributed by atoms with Gasteiger partial charge in [-0.1, -0.05) is 17.7 Å². The molecule has 0 saturated carbocycles. The molecule has 4 aliphatic heterocycles. The lowest BCUT2D eigenvalue weighted by molar-refractivity contribution is -0.369. The van der Waals surface area contributed by atoms with Crippen molar-refractivity contribution in [2.45, 2.75) is 143 Å². The number of carbonyl (C=O) groups is 4. The summed E-state index contributed by atoms with van der Waals surface area (Å²) >= 11 is 0. The summed E-state index contributed by atoms with van der Waals surface area (Å²) in [5.41, 5.74) is 0.813. The van der Waals surface area contributed by atoms with E-state index >= 15 is 0 Å². The number of hydrogen-bond donors (Lipinski definition) is 13. The first-order valence-electron chi connectivity index (χ1n) is 20.8. The van der Waals surface area contributed by atoms with E-state index in [9.17, 15) is 71.8 Å². The molecule has 0 spiro atoms. The van der Waals surface area contributed by atoms with Gasteiger partial charge in [0.05, 0.1) is 13.2 Å². The SMILES string of the molecule is CC(=O)NC1[C@@H](O[C@@H]2C(C(=O)ON)O[C@@H](O[C@@H]3C(COS(=O)(=O)ON)O[C@@H](O[C@H]4C(C(=O)ON)O[C@@H](Oc5ccc(C)cc5)C(O)[C@@H]4O)C(NC(C)=O)[C@H]3O)C(O)[C@@H]2O)OC(COS(=O)(=O)ON)[C@@H](O)[C@@H]1O. The van der Waals surface area contributed by atoms with E-state index in [1.165, 1.54) is 12.1 Å². The van der Waals surface area contributed by atoms with Crippen LogP contribution in [0.15, 0.2) is 24.3 Å². The van der Waals surface area contributed by atoms with E-state index in [1.54, 1.807) is 19.1 Å². The van der Waals surface area contributed by atoms with Gasteiger partial charge in [0.25, 0.3) is 0 Å². The normalized spacial score (nSPS) is 37.5. The van der Waals surface area contributed by atoms with Crippen LogP contribution in [0.5, 0.6) is 5.75 Å². The lowest BCUT2D eigenvalue weighted by Gasteiger charge is -2.49. The van der Waals surface area contributed by atoms with E-state index in [0.717, 1.165) is 19.4 Å². The van der Waals surface area contributed by atoms with Crippen LogP contribution in [0.1, 0.15) is 19.4 Å². The van der Waals surface area contributed by atoms with Crippen molar-refractivity contribution in [1.29, 1.82) is 0 Å². The molecular formula is C35H54N6O29S2. The van der Waals surface area contributed by atoms with Crippen LogP contribution in [0, 0.1) is 6.92 Å². The summed E-state index contributed by atoms with van der Waals surface area (Å²) in [5.74, 6) is 14.9. The number of hydrogen-bond acceptors (Lipinski definition) is 33. The van der Waals surface area contributed by atoms with Crippen molar-refractivity contribution < 1.29 is 136 Å². The highest BCUT2D eigenvalue weighted by molar-refractivity contribution is 7.82. The van der Waals surface area contributed by atoms with Crippen molar-refractivity contribution in [3.63, 3.8) is 0 Å². The second-order valence-electron chi connectivity index (χ2n) is 16.0. The van der Waals surface area contributed by atoms with Gasteiger partial charge in [0.1, 0.15) is 91.1 Å². The molecule has 4 fully saturated rings. The number of rotatable bonds is 20. The number of aliphatic hydroxyl groups is 7. The van der Waals surface area contributed by atoms with E-state index in [4.69, 9.17) is 59.8 Å². The number of amides is 2. The predicted molar refractivity (Wildman–Crippen MR) is 219 cm³/mol. The number of ether oxygens (including phenoxy) is 8. The van der Waals surface area contributed by atoms with E-state index in [2.05, 4.69) is 39.0 Å². The van der Waals surface area contributed by atoms with Crippen molar-refractivity contribution in [1.82, 2.24) is 10.6 Å². The van der Waals surface area contributed by atoms with Crippen LogP contribution >= 0.6 is 0 Å². The highest BCUT2D eigenvalue weighted by Crippen LogP contribution is 2.36. The highest BCUT2D eigenvalue weighted by Gasteiger charge is 2.58. The highest BCUT2D eigenvalue weighted by atomic mass is 32.3. The minimum Gasteiger partial charge on any atom is -0.462 e. The predicted octanol–water partition coefficient (Wildman–Crippen LogP) is -9.90. The third-order valence-corrected chi connectivity index (χ3v) is 12.4. The number of nitrogens with two attached hydrogens (primary N) is 4. The summed E-state index contributed by atoms with van der Waals surface area (Å²) in [7, 11) is -10.0. The summed E-state index contributed by atoms with van der Waals surface area (Å²) < 4.78 is 110. The molecule has 20 atom stereocenters. The van der Waals surface area contributed by atoms with Crippen LogP contribution in [0.3, 0.4) is 0 Å². The molecule has 1 aromatic carbocycles. The number of aliphatic hydroxyl groups excluding tert-OH is 7. The Morgan fingerprint density at radius 1 is 0.542 bits per heavy atom. The van der Waals surface area contributed by atoms with Crippen LogP contribution in [-0.2, 0) is 99.7 Å². The number of aryl methyl sites for hydroxylation is 1. The van der Waals surface area contributed by atoms with Gasteiger partial charge < -0.3 is 93.9 Å². The summed E-state index contributed by atoms with van der Waals surface area (Å²) in [4.78, 5) is 59.5. The maximum atomic E-state index is 13.2. The number of benzene rings is 1. The van der Waals surface area contributed by atoms with Crippen LogP contribution in [0.25, 0.3) is 0 Å². The zero-order chi connectivity index (χ0) is 53.6. The van der Waals surface area contributed by atoms with Gasteiger partial charge in [0.2, 0.25) is 18.1 Å². The van der Waals surface area contributed by atoms with Crippen molar-refractivity contribution in [2.24, 2.45) is 23.6 Å². The number of nitrogens with one attached hydrogen (secondary N) is 2. The Balaban J connectivity index is 1.45. The molecule has 2 amide bonds. The second kappa shape index (κ2) is 25.0. The average molecular weight is 1090 g/mol. The molecular weight excluding hydrogens is 1030 g/mol. The molecule has 8 unspecified atom stereocenters. The fourth-order valence-electron chi connectivity index (χ4n) is 7.57. The zero-order valence-corrected chi connectivity index (χ0v) is 39.1. The molecule has 17 N–H and O–H groups in total. The lowest BCUT2D eigenvalue weighted by atomic mass is 9.94. The van der Waals surface area contributed by atoms with Gasteiger partial charge in [0, 0.05) is 13.8 Å². The maximum absolute atomic E-state index is 13.2. The van der Waals surface area contributed by atoms with Crippen LogP contribution in [0.2, 0.25) is 0 Å². The molecule has 410 valence electrons. The van der Waals surface area contributed by atoms with Gasteiger partial charge in [-0.15, -0.1) is 0 Å². The van der Waals surface area contributed by atoms with Crippen molar-refractivity contribution in [3.05, 3.63) is 29.8 Å². The third kappa shape index (κ3) is 14.2. The molecule has 0 aromatic heterocycles. The summed E-state index contributed by atoms with van der Waals surface area (Å²) in [6.45, 7) is 1.21. The van der Waals surface area contributed by atoms with Gasteiger partial charge in [-0.25, -0.2) is 18.0 Å². The van der Waals surface area contributed by atoms with E-state index in [1.807, 2.05) is 0 Å². The molecule has 0 bridgehead atoms. The van der Waals surface area contributed by atoms with Gasteiger partial charge in [-0.05, 0) is 19.1 Å². The van der Waals surface area contributed by atoms with Crippen LogP contribution < -0.4 is 39.0 Å². The Hall–Kier alpha value is -4.08. The van der Waals surface area contributed by atoms with Gasteiger partial charge in [0.15, 0.2) is 31.1 Å². The zero-order valence-electron chi connectivity index (χ0n) is 37.5. The minimum atomic E-state index is -5.11. The van der Waals surface area contributed by atoms with Crippen LogP contribution in [-0.4, -0.2) is 212 Å². The monoisotopic (exact) mass is 1090 g/mol. The summed E-state index contributed by atoms with van der Waals surface area (Å²) in [6.07, 6.45) is -39.1. The van der Waals surface area contributed by atoms with Crippen molar-refractivity contribution in [3.8, 4) is 5.75 Å². The molecule has 4 aliphatic rings.